The number of ether oxygens (including phenoxy) is 2. The SMILES string of the molecule is COC(=O)c1cccc(Nc2ccc(S(=O)(=O)Nc3ccc(OC)cc3)cc2[N+](=O)[O-])c1. The highest BCUT2D eigenvalue weighted by atomic mass is 32.2. The van der Waals surface area contributed by atoms with E-state index in [0.29, 0.717) is 11.4 Å². The van der Waals surface area contributed by atoms with Crippen LogP contribution < -0.4 is 14.8 Å². The van der Waals surface area contributed by atoms with E-state index >= 15 is 0 Å². The number of carbonyl (C=O) groups is 1. The van der Waals surface area contributed by atoms with Crippen molar-refractivity contribution in [1.82, 2.24) is 0 Å². The summed E-state index contributed by atoms with van der Waals surface area (Å²) in [5.74, 6) is -0.00974. The quantitative estimate of drug-likeness (QED) is 0.295. The molecular weight excluding hydrogens is 438 g/mol. The molecule has 32 heavy (non-hydrogen) atoms. The molecule has 166 valence electrons. The van der Waals surface area contributed by atoms with Gasteiger partial charge in [0.2, 0.25) is 0 Å². The maximum atomic E-state index is 12.7. The Morgan fingerprint density at radius 2 is 1.69 bits per heavy atom. The molecule has 0 spiro atoms. The van der Waals surface area contributed by atoms with E-state index in [4.69, 9.17) is 4.74 Å². The number of nitrogens with zero attached hydrogens (tertiary/aromatic N) is 1. The third-order valence-corrected chi connectivity index (χ3v) is 5.76. The van der Waals surface area contributed by atoms with Gasteiger partial charge < -0.3 is 14.8 Å². The van der Waals surface area contributed by atoms with Gasteiger partial charge in [-0.05, 0) is 54.6 Å². The second kappa shape index (κ2) is 9.35. The monoisotopic (exact) mass is 457 g/mol. The number of anilines is 3. The third-order valence-electron chi connectivity index (χ3n) is 4.38. The molecule has 0 aromatic heterocycles. The molecule has 3 aromatic rings. The summed E-state index contributed by atoms with van der Waals surface area (Å²) < 4.78 is 37.5. The van der Waals surface area contributed by atoms with Gasteiger partial charge in [0.1, 0.15) is 11.4 Å². The highest BCUT2D eigenvalue weighted by molar-refractivity contribution is 7.92. The molecule has 3 aromatic carbocycles. The number of nitrogens with one attached hydrogen (secondary N) is 2. The van der Waals surface area contributed by atoms with Crippen LogP contribution in [-0.4, -0.2) is 33.5 Å². The number of nitro groups is 1. The Hall–Kier alpha value is -4.12. The van der Waals surface area contributed by atoms with Gasteiger partial charge in [-0.15, -0.1) is 0 Å². The Bertz CT molecular complexity index is 1260. The fraction of sp³-hybridized carbons (Fsp3) is 0.0952. The largest absolute Gasteiger partial charge is 0.497 e. The number of esters is 1. The van der Waals surface area contributed by atoms with Crippen LogP contribution in [0.3, 0.4) is 0 Å². The number of hydrogen-bond donors (Lipinski definition) is 2. The summed E-state index contributed by atoms with van der Waals surface area (Å²) in [5, 5.41) is 14.4. The smallest absolute Gasteiger partial charge is 0.337 e. The second-order valence-electron chi connectivity index (χ2n) is 6.47. The Balaban J connectivity index is 1.90. The first kappa shape index (κ1) is 22.6. The van der Waals surface area contributed by atoms with Gasteiger partial charge in [-0.1, -0.05) is 6.07 Å². The van der Waals surface area contributed by atoms with E-state index in [1.54, 1.807) is 24.3 Å². The van der Waals surface area contributed by atoms with E-state index in [1.807, 2.05) is 0 Å². The van der Waals surface area contributed by atoms with Crippen molar-refractivity contribution in [2.24, 2.45) is 0 Å². The summed E-state index contributed by atoms with van der Waals surface area (Å²) >= 11 is 0. The number of carbonyl (C=O) groups excluding carboxylic acids is 1. The first-order chi connectivity index (χ1) is 15.2. The molecule has 0 radical (unpaired) electrons. The Kier molecular flexibility index (Phi) is 6.59. The topological polar surface area (TPSA) is 137 Å². The summed E-state index contributed by atoms with van der Waals surface area (Å²) in [6.45, 7) is 0. The lowest BCUT2D eigenvalue weighted by atomic mass is 10.2. The van der Waals surface area contributed by atoms with Gasteiger partial charge in [-0.25, -0.2) is 13.2 Å². The van der Waals surface area contributed by atoms with Crippen molar-refractivity contribution < 1.29 is 27.6 Å². The second-order valence-corrected chi connectivity index (χ2v) is 8.15. The van der Waals surface area contributed by atoms with E-state index in [1.165, 1.54) is 50.6 Å². The van der Waals surface area contributed by atoms with Crippen LogP contribution in [0.4, 0.5) is 22.7 Å². The molecule has 2 N–H and O–H groups in total. The minimum Gasteiger partial charge on any atom is -0.497 e. The minimum absolute atomic E-state index is 0.0559. The first-order valence-electron chi connectivity index (χ1n) is 9.14. The van der Waals surface area contributed by atoms with E-state index < -0.39 is 26.6 Å². The summed E-state index contributed by atoms with van der Waals surface area (Å²) in [7, 11) is -1.36. The molecule has 0 bridgehead atoms. The number of benzene rings is 3. The fourth-order valence-electron chi connectivity index (χ4n) is 2.81. The lowest BCUT2D eigenvalue weighted by Gasteiger charge is -2.11. The lowest BCUT2D eigenvalue weighted by Crippen LogP contribution is -2.13. The molecule has 0 saturated heterocycles. The number of nitro benzene ring substituents is 1. The fourth-order valence-corrected chi connectivity index (χ4v) is 3.88. The molecule has 0 saturated carbocycles. The summed E-state index contributed by atoms with van der Waals surface area (Å²) in [6, 6.07) is 15.8. The van der Waals surface area contributed by atoms with Crippen LogP contribution in [0.25, 0.3) is 0 Å². The molecule has 0 aliphatic heterocycles. The van der Waals surface area contributed by atoms with E-state index in [-0.39, 0.29) is 21.8 Å². The van der Waals surface area contributed by atoms with Gasteiger partial charge in [0.05, 0.1) is 29.6 Å². The van der Waals surface area contributed by atoms with Gasteiger partial charge in [0.25, 0.3) is 15.7 Å². The molecule has 0 aliphatic carbocycles. The molecule has 0 heterocycles. The van der Waals surface area contributed by atoms with Crippen molar-refractivity contribution in [3.05, 3.63) is 82.4 Å². The standard InChI is InChI=1S/C21H19N3O7S/c1-30-17-8-6-15(7-9-17)23-32(28,29)18-10-11-19(20(13-18)24(26)27)22-16-5-3-4-14(12-16)21(25)31-2/h3-13,22-23H,1-2H3. The zero-order valence-electron chi connectivity index (χ0n) is 17.1. The summed E-state index contributed by atoms with van der Waals surface area (Å²) in [5.41, 5.74) is 0.521. The summed E-state index contributed by atoms with van der Waals surface area (Å²) in [4.78, 5) is 22.3. The van der Waals surface area contributed by atoms with Gasteiger partial charge in [0.15, 0.2) is 0 Å². The lowest BCUT2D eigenvalue weighted by molar-refractivity contribution is -0.384. The van der Waals surface area contributed by atoms with E-state index in [2.05, 4.69) is 14.8 Å². The maximum Gasteiger partial charge on any atom is 0.337 e. The Morgan fingerprint density at radius 1 is 0.969 bits per heavy atom. The molecule has 0 aliphatic rings. The van der Waals surface area contributed by atoms with Crippen LogP contribution >= 0.6 is 0 Å². The molecule has 0 unspecified atom stereocenters. The van der Waals surface area contributed by atoms with Crippen LogP contribution in [-0.2, 0) is 14.8 Å². The van der Waals surface area contributed by atoms with Crippen LogP contribution in [0, 0.1) is 10.1 Å². The molecule has 3 rings (SSSR count). The number of sulfonamides is 1. The summed E-state index contributed by atoms with van der Waals surface area (Å²) in [6.07, 6.45) is 0. The van der Waals surface area contributed by atoms with Gasteiger partial charge in [-0.3, -0.25) is 14.8 Å². The zero-order valence-corrected chi connectivity index (χ0v) is 17.9. The van der Waals surface area contributed by atoms with Crippen molar-refractivity contribution in [2.45, 2.75) is 4.90 Å². The highest BCUT2D eigenvalue weighted by Gasteiger charge is 2.22. The van der Waals surface area contributed by atoms with Gasteiger partial charge >= 0.3 is 5.97 Å². The highest BCUT2D eigenvalue weighted by Crippen LogP contribution is 2.31. The zero-order chi connectivity index (χ0) is 23.3. The average Bonchev–Trinajstić information content (AvgIpc) is 2.79. The molecule has 0 amide bonds. The van der Waals surface area contributed by atoms with Crippen LogP contribution in [0.2, 0.25) is 0 Å². The third kappa shape index (κ3) is 5.13. The minimum atomic E-state index is -4.08. The first-order valence-corrected chi connectivity index (χ1v) is 10.6. The van der Waals surface area contributed by atoms with Crippen molar-refractivity contribution in [1.29, 1.82) is 0 Å². The van der Waals surface area contributed by atoms with Crippen LogP contribution in [0.5, 0.6) is 5.75 Å². The Morgan fingerprint density at radius 3 is 2.31 bits per heavy atom. The number of rotatable bonds is 8. The maximum absolute atomic E-state index is 12.7. The molecular formula is C21H19N3O7S. The van der Waals surface area contributed by atoms with Crippen molar-refractivity contribution in [3.8, 4) is 5.75 Å². The predicted octanol–water partition coefficient (Wildman–Crippen LogP) is 3.93. The normalized spacial score (nSPS) is 10.8. The molecule has 0 fully saturated rings. The van der Waals surface area contributed by atoms with Crippen LogP contribution in [0.15, 0.2) is 71.6 Å². The van der Waals surface area contributed by atoms with Gasteiger partial charge in [0, 0.05) is 17.4 Å². The van der Waals surface area contributed by atoms with Crippen molar-refractivity contribution >= 4 is 38.7 Å². The van der Waals surface area contributed by atoms with Gasteiger partial charge in [-0.2, -0.15) is 0 Å². The molecule has 11 heteroatoms. The van der Waals surface area contributed by atoms with Crippen molar-refractivity contribution in [2.75, 3.05) is 24.3 Å². The van der Waals surface area contributed by atoms with Crippen molar-refractivity contribution in [3.63, 3.8) is 0 Å². The average molecular weight is 457 g/mol. The number of methoxy groups -OCH3 is 2. The van der Waals surface area contributed by atoms with E-state index in [0.717, 1.165) is 6.07 Å². The number of hydrogen-bond acceptors (Lipinski definition) is 8. The predicted molar refractivity (Wildman–Crippen MR) is 118 cm³/mol. The molecule has 0 atom stereocenters. The Labute approximate surface area is 184 Å². The van der Waals surface area contributed by atoms with E-state index in [9.17, 15) is 23.3 Å². The van der Waals surface area contributed by atoms with Crippen LogP contribution in [0.1, 0.15) is 10.4 Å². The molecule has 10 nitrogen and oxygen atoms in total.